The molecule has 1 fully saturated rings. The van der Waals surface area contributed by atoms with Crippen molar-refractivity contribution in [2.75, 3.05) is 13.1 Å². The first-order chi connectivity index (χ1) is 17.6. The van der Waals surface area contributed by atoms with E-state index in [1.165, 1.54) is 12.1 Å². The van der Waals surface area contributed by atoms with Gasteiger partial charge < -0.3 is 0 Å². The first-order valence-electron chi connectivity index (χ1n) is 11.7. The molecule has 0 saturated carbocycles. The molecule has 4 aromatic rings. The van der Waals surface area contributed by atoms with Crippen LogP contribution >= 0.6 is 15.9 Å². The second kappa shape index (κ2) is 10.1. The Kier molecular flexibility index (Phi) is 7.08. The van der Waals surface area contributed by atoms with Gasteiger partial charge in [0.25, 0.3) is 0 Å². The quantitative estimate of drug-likeness (QED) is 0.305. The normalized spacial score (nSPS) is 17.4. The molecule has 5 rings (SSSR count). The Hall–Kier alpha value is -2.83. The van der Waals surface area contributed by atoms with Crippen LogP contribution in [-0.4, -0.2) is 45.4 Å². The molecule has 1 atom stereocenters. The number of hydrogen-bond donors (Lipinski definition) is 0. The van der Waals surface area contributed by atoms with Gasteiger partial charge in [-0.05, 0) is 71.4 Å². The predicted molar refractivity (Wildman–Crippen MR) is 135 cm³/mol. The third kappa shape index (κ3) is 5.27. The topological polar surface area (TPSA) is 80.5 Å². The number of nitrogens with zero attached hydrogens (tertiary/aromatic N) is 5. The molecule has 4 heterocycles. The molecule has 0 bridgehead atoms. The summed E-state index contributed by atoms with van der Waals surface area (Å²) in [5.41, 5.74) is 2.12. The monoisotopic (exact) mass is 593 g/mol. The number of sulfonamides is 1. The van der Waals surface area contributed by atoms with Gasteiger partial charge in [0.2, 0.25) is 10.0 Å². The van der Waals surface area contributed by atoms with Crippen molar-refractivity contribution in [2.45, 2.75) is 42.7 Å². The summed E-state index contributed by atoms with van der Waals surface area (Å²) in [6.45, 7) is 0.197. The van der Waals surface area contributed by atoms with Gasteiger partial charge in [0.15, 0.2) is 5.65 Å². The molecule has 0 N–H and O–H groups in total. The van der Waals surface area contributed by atoms with Crippen LogP contribution in [0.5, 0.6) is 0 Å². The standard InChI is InChI=1S/C25H23BrF3N5O2S/c26-21-15-31-34-19(10-9-17-5-3-11-30-14-17)13-22(32-24(21)34)18-6-4-12-33(16-18)37(35,36)23-8-2-1-7-20(23)25(27,28)29/h1-3,5,7-8,11,13-15,18H,4,6,9-10,12,16H2. The lowest BCUT2D eigenvalue weighted by Crippen LogP contribution is -2.40. The van der Waals surface area contributed by atoms with Crippen LogP contribution in [0.4, 0.5) is 13.2 Å². The fourth-order valence-electron chi connectivity index (χ4n) is 4.69. The summed E-state index contributed by atoms with van der Waals surface area (Å²) >= 11 is 3.49. The number of benzene rings is 1. The van der Waals surface area contributed by atoms with Crippen molar-refractivity contribution in [3.05, 3.63) is 88.0 Å². The van der Waals surface area contributed by atoms with Crippen molar-refractivity contribution in [3.63, 3.8) is 0 Å². The molecule has 1 aliphatic heterocycles. The third-order valence-electron chi connectivity index (χ3n) is 6.53. The number of aromatic nitrogens is 4. The summed E-state index contributed by atoms with van der Waals surface area (Å²) in [5, 5.41) is 4.42. The van der Waals surface area contributed by atoms with Crippen LogP contribution in [0, 0.1) is 0 Å². The summed E-state index contributed by atoms with van der Waals surface area (Å²) < 4.78 is 71.0. The highest BCUT2D eigenvalue weighted by Gasteiger charge is 2.40. The molecule has 0 spiro atoms. The summed E-state index contributed by atoms with van der Waals surface area (Å²) in [6.07, 6.45) is 2.96. The molecule has 37 heavy (non-hydrogen) atoms. The predicted octanol–water partition coefficient (Wildman–Crippen LogP) is 5.26. The van der Waals surface area contributed by atoms with Gasteiger partial charge in [-0.1, -0.05) is 18.2 Å². The van der Waals surface area contributed by atoms with Crippen LogP contribution in [0.3, 0.4) is 0 Å². The van der Waals surface area contributed by atoms with Gasteiger partial charge in [-0.2, -0.15) is 22.6 Å². The second-order valence-corrected chi connectivity index (χ2v) is 11.7. The van der Waals surface area contributed by atoms with Crippen LogP contribution in [0.25, 0.3) is 5.65 Å². The zero-order chi connectivity index (χ0) is 26.2. The van der Waals surface area contributed by atoms with Gasteiger partial charge in [-0.15, -0.1) is 0 Å². The van der Waals surface area contributed by atoms with E-state index in [1.807, 2.05) is 18.2 Å². The Morgan fingerprint density at radius 1 is 1.08 bits per heavy atom. The molecule has 3 aromatic heterocycles. The molecule has 0 amide bonds. The van der Waals surface area contributed by atoms with Crippen molar-refractivity contribution in [1.82, 2.24) is 23.9 Å². The molecule has 12 heteroatoms. The summed E-state index contributed by atoms with van der Waals surface area (Å²) in [7, 11) is -4.36. The molecule has 1 aromatic carbocycles. The highest BCUT2D eigenvalue weighted by atomic mass is 79.9. The Labute approximate surface area is 220 Å². The van der Waals surface area contributed by atoms with E-state index in [-0.39, 0.29) is 19.0 Å². The van der Waals surface area contributed by atoms with E-state index in [4.69, 9.17) is 4.98 Å². The van der Waals surface area contributed by atoms with E-state index >= 15 is 0 Å². The number of halogens is 4. The number of fused-ring (bicyclic) bond motifs is 1. The van der Waals surface area contributed by atoms with Crippen molar-refractivity contribution >= 4 is 31.6 Å². The van der Waals surface area contributed by atoms with E-state index in [0.717, 1.165) is 34.1 Å². The smallest absolute Gasteiger partial charge is 0.264 e. The minimum atomic E-state index is -4.77. The molecule has 0 aliphatic carbocycles. The van der Waals surface area contributed by atoms with E-state index < -0.39 is 26.7 Å². The van der Waals surface area contributed by atoms with Crippen molar-refractivity contribution in [1.29, 1.82) is 0 Å². The number of aryl methyl sites for hydroxylation is 2. The average Bonchev–Trinajstić information content (AvgIpc) is 3.28. The zero-order valence-electron chi connectivity index (χ0n) is 19.6. The fourth-order valence-corrected chi connectivity index (χ4v) is 6.78. The number of pyridine rings is 1. The maximum absolute atomic E-state index is 13.6. The van der Waals surface area contributed by atoms with Crippen molar-refractivity contribution in [2.24, 2.45) is 0 Å². The lowest BCUT2D eigenvalue weighted by molar-refractivity contribution is -0.139. The molecule has 194 valence electrons. The van der Waals surface area contributed by atoms with E-state index in [9.17, 15) is 21.6 Å². The average molecular weight is 594 g/mol. The summed E-state index contributed by atoms with van der Waals surface area (Å²) in [4.78, 5) is 8.20. The molecule has 1 aliphatic rings. The Balaban J connectivity index is 1.46. The van der Waals surface area contributed by atoms with Crippen molar-refractivity contribution in [3.8, 4) is 0 Å². The first-order valence-corrected chi connectivity index (χ1v) is 14.0. The van der Waals surface area contributed by atoms with Gasteiger partial charge in [0.05, 0.1) is 21.1 Å². The minimum absolute atomic E-state index is 0.0471. The molecule has 7 nitrogen and oxygen atoms in total. The SMILES string of the molecule is O=S(=O)(c1ccccc1C(F)(F)F)N1CCCC(c2cc(CCc3cccnc3)n3ncc(Br)c3n2)C1. The van der Waals surface area contributed by atoms with Crippen LogP contribution in [0.2, 0.25) is 0 Å². The summed E-state index contributed by atoms with van der Waals surface area (Å²) in [6, 6.07) is 10.1. The first kappa shape index (κ1) is 25.8. The molecular formula is C25H23BrF3N5O2S. The van der Waals surface area contributed by atoms with E-state index in [2.05, 4.69) is 26.0 Å². The Morgan fingerprint density at radius 3 is 2.65 bits per heavy atom. The molecular weight excluding hydrogens is 571 g/mol. The maximum atomic E-state index is 13.6. The molecule has 1 unspecified atom stereocenters. The Bertz CT molecular complexity index is 1530. The number of hydrogen-bond acceptors (Lipinski definition) is 5. The van der Waals surface area contributed by atoms with E-state index in [0.29, 0.717) is 35.1 Å². The summed E-state index contributed by atoms with van der Waals surface area (Å²) in [5.74, 6) is -0.273. The fraction of sp³-hybridized carbons (Fsp3) is 0.320. The number of alkyl halides is 3. The van der Waals surface area contributed by atoms with Gasteiger partial charge in [-0.3, -0.25) is 4.98 Å². The van der Waals surface area contributed by atoms with Crippen LogP contribution in [-0.2, 0) is 29.0 Å². The van der Waals surface area contributed by atoms with Gasteiger partial charge in [0, 0.05) is 42.8 Å². The third-order valence-corrected chi connectivity index (χ3v) is 9.01. The lowest BCUT2D eigenvalue weighted by Gasteiger charge is -2.32. The van der Waals surface area contributed by atoms with Crippen LogP contribution in [0.1, 0.15) is 41.3 Å². The largest absolute Gasteiger partial charge is 0.417 e. The number of piperidine rings is 1. The van der Waals surface area contributed by atoms with Gasteiger partial charge in [-0.25, -0.2) is 17.9 Å². The van der Waals surface area contributed by atoms with Crippen LogP contribution in [0.15, 0.2) is 70.4 Å². The second-order valence-electron chi connectivity index (χ2n) is 8.96. The maximum Gasteiger partial charge on any atom is 0.417 e. The lowest BCUT2D eigenvalue weighted by atomic mass is 9.95. The van der Waals surface area contributed by atoms with Crippen LogP contribution < -0.4 is 0 Å². The highest BCUT2D eigenvalue weighted by molar-refractivity contribution is 9.10. The Morgan fingerprint density at radius 2 is 1.89 bits per heavy atom. The molecule has 1 saturated heterocycles. The zero-order valence-corrected chi connectivity index (χ0v) is 22.0. The van der Waals surface area contributed by atoms with Gasteiger partial charge in [0.1, 0.15) is 0 Å². The van der Waals surface area contributed by atoms with E-state index in [1.54, 1.807) is 23.1 Å². The van der Waals surface area contributed by atoms with Crippen molar-refractivity contribution < 1.29 is 21.6 Å². The molecule has 0 radical (unpaired) electrons. The minimum Gasteiger partial charge on any atom is -0.264 e. The number of rotatable bonds is 6. The van der Waals surface area contributed by atoms with Gasteiger partial charge >= 0.3 is 6.18 Å². The highest BCUT2D eigenvalue weighted by Crippen LogP contribution is 2.37.